The third kappa shape index (κ3) is 3.96. The Morgan fingerprint density at radius 1 is 1.31 bits per heavy atom. The summed E-state index contributed by atoms with van der Waals surface area (Å²) in [6.45, 7) is 4.52. The average Bonchev–Trinajstić information content (AvgIpc) is 2.30. The molecule has 86 valence electrons. The summed E-state index contributed by atoms with van der Waals surface area (Å²) in [5.74, 6) is 6.80. The number of hydrogen-bond acceptors (Lipinski definition) is 2. The largest absolute Gasteiger partial charge is 0.494 e. The molecule has 0 aliphatic carbocycles. The summed E-state index contributed by atoms with van der Waals surface area (Å²) in [5, 5.41) is 0. The van der Waals surface area contributed by atoms with Gasteiger partial charge < -0.3 is 10.5 Å². The van der Waals surface area contributed by atoms with E-state index < -0.39 is 0 Å². The van der Waals surface area contributed by atoms with Gasteiger partial charge >= 0.3 is 0 Å². The van der Waals surface area contributed by atoms with E-state index in [1.807, 2.05) is 38.1 Å². The van der Waals surface area contributed by atoms with E-state index in [-0.39, 0.29) is 6.04 Å². The molecule has 16 heavy (non-hydrogen) atoms. The van der Waals surface area contributed by atoms with Gasteiger partial charge in [0.25, 0.3) is 0 Å². The van der Waals surface area contributed by atoms with E-state index in [1.54, 1.807) is 0 Å². The van der Waals surface area contributed by atoms with Crippen LogP contribution in [0.1, 0.15) is 38.3 Å². The van der Waals surface area contributed by atoms with Crippen molar-refractivity contribution < 1.29 is 4.74 Å². The van der Waals surface area contributed by atoms with Crippen molar-refractivity contribution in [1.29, 1.82) is 0 Å². The summed E-state index contributed by atoms with van der Waals surface area (Å²) in [6, 6.07) is 8.04. The third-order valence-corrected chi connectivity index (χ3v) is 2.38. The second-order valence-corrected chi connectivity index (χ2v) is 3.57. The standard InChI is InChI=1S/C14H19NO/c1-3-5-6-7-14(15)12-8-10-13(11-9-12)16-4-2/h8-11,14H,4,6-7,15H2,1-2H3. The van der Waals surface area contributed by atoms with Crippen molar-refractivity contribution in [2.45, 2.75) is 32.7 Å². The molecule has 0 saturated heterocycles. The van der Waals surface area contributed by atoms with Gasteiger partial charge in [0.2, 0.25) is 0 Å². The van der Waals surface area contributed by atoms with Crippen LogP contribution in [0.3, 0.4) is 0 Å². The molecule has 0 amide bonds. The molecule has 0 saturated carbocycles. The summed E-state index contributed by atoms with van der Waals surface area (Å²) in [7, 11) is 0. The Morgan fingerprint density at radius 2 is 2.00 bits per heavy atom. The van der Waals surface area contributed by atoms with Crippen molar-refractivity contribution in [2.75, 3.05) is 6.61 Å². The maximum Gasteiger partial charge on any atom is 0.119 e. The van der Waals surface area contributed by atoms with Gasteiger partial charge in [0, 0.05) is 12.5 Å². The zero-order chi connectivity index (χ0) is 11.8. The first kappa shape index (κ1) is 12.6. The summed E-state index contributed by atoms with van der Waals surface area (Å²) in [4.78, 5) is 0. The Morgan fingerprint density at radius 3 is 2.56 bits per heavy atom. The summed E-state index contributed by atoms with van der Waals surface area (Å²) in [6.07, 6.45) is 1.75. The minimum Gasteiger partial charge on any atom is -0.494 e. The fraction of sp³-hybridized carbons (Fsp3) is 0.429. The first-order valence-corrected chi connectivity index (χ1v) is 5.66. The highest BCUT2D eigenvalue weighted by atomic mass is 16.5. The van der Waals surface area contributed by atoms with Crippen LogP contribution >= 0.6 is 0 Å². The summed E-state index contributed by atoms with van der Waals surface area (Å²) < 4.78 is 5.38. The van der Waals surface area contributed by atoms with E-state index >= 15 is 0 Å². The molecule has 2 nitrogen and oxygen atoms in total. The molecule has 0 spiro atoms. The lowest BCUT2D eigenvalue weighted by molar-refractivity contribution is 0.340. The van der Waals surface area contributed by atoms with Crippen LogP contribution in [0.2, 0.25) is 0 Å². The van der Waals surface area contributed by atoms with Gasteiger partial charge in [-0.3, -0.25) is 0 Å². The van der Waals surface area contributed by atoms with E-state index in [9.17, 15) is 0 Å². The van der Waals surface area contributed by atoms with Crippen LogP contribution < -0.4 is 10.5 Å². The average molecular weight is 217 g/mol. The highest BCUT2D eigenvalue weighted by Crippen LogP contribution is 2.19. The van der Waals surface area contributed by atoms with Gasteiger partial charge in [-0.1, -0.05) is 12.1 Å². The third-order valence-electron chi connectivity index (χ3n) is 2.38. The van der Waals surface area contributed by atoms with Crippen LogP contribution in [0.25, 0.3) is 0 Å². The van der Waals surface area contributed by atoms with Gasteiger partial charge in [0.1, 0.15) is 5.75 Å². The van der Waals surface area contributed by atoms with Crippen LogP contribution in [0.15, 0.2) is 24.3 Å². The number of benzene rings is 1. The molecular formula is C14H19NO. The lowest BCUT2D eigenvalue weighted by atomic mass is 10.0. The van der Waals surface area contributed by atoms with Crippen molar-refractivity contribution in [1.82, 2.24) is 0 Å². The number of nitrogens with two attached hydrogens (primary N) is 1. The maximum atomic E-state index is 6.05. The topological polar surface area (TPSA) is 35.2 Å². The number of hydrogen-bond donors (Lipinski definition) is 1. The number of rotatable bonds is 5. The number of ether oxygens (including phenoxy) is 1. The van der Waals surface area contributed by atoms with Gasteiger partial charge in [-0.25, -0.2) is 0 Å². The van der Waals surface area contributed by atoms with Crippen LogP contribution in [0.4, 0.5) is 0 Å². The van der Waals surface area contributed by atoms with E-state index in [4.69, 9.17) is 10.5 Å². The molecule has 2 heteroatoms. The molecule has 1 atom stereocenters. The van der Waals surface area contributed by atoms with Crippen molar-refractivity contribution >= 4 is 0 Å². The Kier molecular flexibility index (Phi) is 5.45. The normalized spacial score (nSPS) is 11.4. The van der Waals surface area contributed by atoms with Gasteiger partial charge in [0.05, 0.1) is 6.61 Å². The monoisotopic (exact) mass is 217 g/mol. The van der Waals surface area contributed by atoms with Crippen LogP contribution in [0, 0.1) is 11.8 Å². The van der Waals surface area contributed by atoms with E-state index in [0.717, 1.165) is 24.2 Å². The highest BCUT2D eigenvalue weighted by molar-refractivity contribution is 5.29. The molecule has 0 aliphatic heterocycles. The van der Waals surface area contributed by atoms with E-state index in [1.165, 1.54) is 0 Å². The van der Waals surface area contributed by atoms with Gasteiger partial charge in [0.15, 0.2) is 0 Å². The molecule has 2 N–H and O–H groups in total. The molecule has 1 aromatic rings. The molecule has 0 bridgehead atoms. The van der Waals surface area contributed by atoms with Gasteiger partial charge in [-0.2, -0.15) is 0 Å². The van der Waals surface area contributed by atoms with E-state index in [2.05, 4.69) is 11.8 Å². The zero-order valence-corrected chi connectivity index (χ0v) is 9.99. The van der Waals surface area contributed by atoms with Crippen LogP contribution in [-0.2, 0) is 0 Å². The van der Waals surface area contributed by atoms with Crippen molar-refractivity contribution in [3.63, 3.8) is 0 Å². The predicted octanol–water partition coefficient (Wildman–Crippen LogP) is 2.89. The fourth-order valence-electron chi connectivity index (χ4n) is 1.50. The highest BCUT2D eigenvalue weighted by Gasteiger charge is 2.04. The molecular weight excluding hydrogens is 198 g/mol. The maximum absolute atomic E-state index is 6.05. The summed E-state index contributed by atoms with van der Waals surface area (Å²) >= 11 is 0. The first-order valence-electron chi connectivity index (χ1n) is 5.66. The Labute approximate surface area is 97.8 Å². The van der Waals surface area contributed by atoms with Gasteiger partial charge in [-0.05, 0) is 38.0 Å². The minimum atomic E-state index is 0.0662. The second kappa shape index (κ2) is 6.92. The molecule has 0 radical (unpaired) electrons. The lowest BCUT2D eigenvalue weighted by Gasteiger charge is -2.11. The van der Waals surface area contributed by atoms with E-state index in [0.29, 0.717) is 6.61 Å². The molecule has 0 fully saturated rings. The Balaban J connectivity index is 2.54. The smallest absolute Gasteiger partial charge is 0.119 e. The SMILES string of the molecule is CC#CCCC(N)c1ccc(OCC)cc1. The summed E-state index contributed by atoms with van der Waals surface area (Å²) in [5.41, 5.74) is 7.19. The predicted molar refractivity (Wildman–Crippen MR) is 67.2 cm³/mol. The van der Waals surface area contributed by atoms with Crippen LogP contribution in [0.5, 0.6) is 5.75 Å². The molecule has 1 unspecified atom stereocenters. The molecule has 0 aromatic heterocycles. The fourth-order valence-corrected chi connectivity index (χ4v) is 1.50. The van der Waals surface area contributed by atoms with Gasteiger partial charge in [-0.15, -0.1) is 11.8 Å². The van der Waals surface area contributed by atoms with Crippen LogP contribution in [-0.4, -0.2) is 6.61 Å². The van der Waals surface area contributed by atoms with Crippen molar-refractivity contribution in [3.05, 3.63) is 29.8 Å². The molecule has 1 rings (SSSR count). The van der Waals surface area contributed by atoms with Crippen molar-refractivity contribution in [3.8, 4) is 17.6 Å². The zero-order valence-electron chi connectivity index (χ0n) is 9.99. The second-order valence-electron chi connectivity index (χ2n) is 3.57. The molecule has 1 aromatic carbocycles. The Bertz CT molecular complexity index is 359. The van der Waals surface area contributed by atoms with Crippen molar-refractivity contribution in [2.24, 2.45) is 5.73 Å². The molecule has 0 heterocycles. The molecule has 0 aliphatic rings. The Hall–Kier alpha value is -1.46. The lowest BCUT2D eigenvalue weighted by Crippen LogP contribution is -2.09. The quantitative estimate of drug-likeness (QED) is 0.770. The first-order chi connectivity index (χ1) is 7.77. The minimum absolute atomic E-state index is 0.0662.